The van der Waals surface area contributed by atoms with Crippen LogP contribution in [-0.4, -0.2) is 26.0 Å². The molecule has 2 rings (SSSR count). The number of hydrogen-bond acceptors (Lipinski definition) is 6. The Morgan fingerprint density at radius 3 is 2.57 bits per heavy atom. The number of nitriles is 1. The lowest BCUT2D eigenvalue weighted by molar-refractivity contribution is -0.118. The number of phenols is 1. The van der Waals surface area contributed by atoms with Gasteiger partial charge in [0.25, 0.3) is 5.91 Å². The zero-order valence-electron chi connectivity index (χ0n) is 17.3. The van der Waals surface area contributed by atoms with Crippen molar-refractivity contribution in [1.82, 2.24) is 0 Å². The van der Waals surface area contributed by atoms with Crippen molar-refractivity contribution in [1.29, 1.82) is 5.26 Å². The summed E-state index contributed by atoms with van der Waals surface area (Å²) < 4.78 is 30.3. The fourth-order valence-electron chi connectivity index (χ4n) is 2.68. The fourth-order valence-corrected chi connectivity index (χ4v) is 3.61. The van der Waals surface area contributed by atoms with Crippen LogP contribution in [0.2, 0.25) is 0 Å². The van der Waals surface area contributed by atoms with Gasteiger partial charge >= 0.3 is 0 Å². The van der Waals surface area contributed by atoms with Crippen molar-refractivity contribution in [3.05, 3.63) is 59.0 Å². The molecule has 0 aliphatic rings. The minimum absolute atomic E-state index is 0.0282. The lowest BCUT2D eigenvalue weighted by Gasteiger charge is -2.23. The molecule has 158 valence electrons. The van der Waals surface area contributed by atoms with E-state index >= 15 is 0 Å². The molecule has 0 fully saturated rings. The Morgan fingerprint density at radius 1 is 1.23 bits per heavy atom. The Bertz CT molecular complexity index is 1120. The summed E-state index contributed by atoms with van der Waals surface area (Å²) in [6.07, 6.45) is 0.904. The topological polar surface area (TPSA) is 116 Å². The molecule has 0 saturated carbocycles. The number of allylic oxidation sites excluding steroid dienone is 1. The van der Waals surface area contributed by atoms with E-state index in [-0.39, 0.29) is 22.9 Å². The van der Waals surface area contributed by atoms with Crippen molar-refractivity contribution >= 4 is 21.4 Å². The summed E-state index contributed by atoms with van der Waals surface area (Å²) in [7, 11) is -3.77. The third-order valence-corrected chi connectivity index (χ3v) is 5.60. The summed E-state index contributed by atoms with van der Waals surface area (Å²) in [6, 6.07) is 10.9. The molecule has 7 nitrogen and oxygen atoms in total. The molecule has 0 heterocycles. The van der Waals surface area contributed by atoms with Gasteiger partial charge in [0.2, 0.25) is 9.84 Å². The number of carbonyl (C=O) groups excluding carboxylic acids is 1. The van der Waals surface area contributed by atoms with Crippen LogP contribution in [0.4, 0.5) is 5.69 Å². The predicted molar refractivity (Wildman–Crippen MR) is 114 cm³/mol. The van der Waals surface area contributed by atoms with Crippen LogP contribution in [0.1, 0.15) is 31.9 Å². The molecule has 0 aliphatic carbocycles. The van der Waals surface area contributed by atoms with Crippen molar-refractivity contribution < 1.29 is 23.1 Å². The molecule has 0 radical (unpaired) electrons. The number of aromatic hydroxyl groups is 1. The molecular formula is C22H24N2O5S. The van der Waals surface area contributed by atoms with Crippen molar-refractivity contribution in [3.63, 3.8) is 0 Å². The Kier molecular flexibility index (Phi) is 6.90. The fraction of sp³-hybridized carbons (Fsp3) is 0.273. The van der Waals surface area contributed by atoms with Crippen LogP contribution in [0.25, 0.3) is 0 Å². The number of amides is 1. The minimum Gasteiger partial charge on any atom is -0.506 e. The van der Waals surface area contributed by atoms with Crippen molar-refractivity contribution in [2.45, 2.75) is 38.0 Å². The molecule has 8 heteroatoms. The second-order valence-electron chi connectivity index (χ2n) is 7.74. The number of nitrogens with one attached hydrogen (secondary N) is 1. The summed E-state index contributed by atoms with van der Waals surface area (Å²) in [4.78, 5) is 12.3. The van der Waals surface area contributed by atoms with Gasteiger partial charge in [-0.3, -0.25) is 4.79 Å². The average molecular weight is 429 g/mol. The standard InChI is InChI=1S/C22H24N2O5S/c1-15-6-8-19(25)18(12-15)24-21(26)14-29-20-9-7-16(13-17(20)22(2,3)4)30(27,28)11-5-10-23/h5-9,11-13,25H,14H2,1-4H3,(H,24,26). The highest BCUT2D eigenvalue weighted by Crippen LogP contribution is 2.34. The van der Waals surface area contributed by atoms with Gasteiger partial charge in [0.1, 0.15) is 11.5 Å². The number of carbonyl (C=O) groups is 1. The Morgan fingerprint density at radius 2 is 1.93 bits per heavy atom. The van der Waals surface area contributed by atoms with E-state index in [1.54, 1.807) is 18.2 Å². The van der Waals surface area contributed by atoms with E-state index in [0.29, 0.717) is 11.3 Å². The molecule has 2 aromatic rings. The molecule has 0 atom stereocenters. The van der Waals surface area contributed by atoms with Crippen LogP contribution >= 0.6 is 0 Å². The summed E-state index contributed by atoms with van der Waals surface area (Å²) in [6.45, 7) is 7.18. The van der Waals surface area contributed by atoms with Crippen molar-refractivity contribution in [3.8, 4) is 17.6 Å². The number of nitrogens with zero attached hydrogens (tertiary/aromatic N) is 1. The van der Waals surface area contributed by atoms with E-state index < -0.39 is 21.2 Å². The maximum absolute atomic E-state index is 12.3. The smallest absolute Gasteiger partial charge is 0.262 e. The van der Waals surface area contributed by atoms with Gasteiger partial charge < -0.3 is 15.2 Å². The van der Waals surface area contributed by atoms with Crippen LogP contribution < -0.4 is 10.1 Å². The molecule has 0 bridgehead atoms. The van der Waals surface area contributed by atoms with Gasteiger partial charge in [0.15, 0.2) is 6.61 Å². The van der Waals surface area contributed by atoms with E-state index in [1.807, 2.05) is 27.7 Å². The number of anilines is 1. The van der Waals surface area contributed by atoms with Crippen LogP contribution in [0, 0.1) is 18.3 Å². The van der Waals surface area contributed by atoms with Gasteiger partial charge in [0, 0.05) is 17.0 Å². The van der Waals surface area contributed by atoms with Crippen LogP contribution in [-0.2, 0) is 20.0 Å². The third kappa shape index (κ3) is 5.84. The first-order valence-corrected chi connectivity index (χ1v) is 10.7. The maximum atomic E-state index is 12.3. The largest absolute Gasteiger partial charge is 0.506 e. The highest BCUT2D eigenvalue weighted by Gasteiger charge is 2.23. The number of hydrogen-bond donors (Lipinski definition) is 2. The Labute approximate surface area is 176 Å². The quantitative estimate of drug-likeness (QED) is 0.534. The monoisotopic (exact) mass is 428 g/mol. The van der Waals surface area contributed by atoms with E-state index in [0.717, 1.165) is 17.0 Å². The van der Waals surface area contributed by atoms with Gasteiger partial charge in [-0.25, -0.2) is 8.42 Å². The zero-order chi connectivity index (χ0) is 22.5. The third-order valence-electron chi connectivity index (χ3n) is 4.19. The minimum atomic E-state index is -3.77. The maximum Gasteiger partial charge on any atom is 0.262 e. The van der Waals surface area contributed by atoms with E-state index in [4.69, 9.17) is 10.00 Å². The summed E-state index contributed by atoms with van der Waals surface area (Å²) >= 11 is 0. The molecule has 0 saturated heterocycles. The van der Waals surface area contributed by atoms with Crippen molar-refractivity contribution in [2.24, 2.45) is 0 Å². The van der Waals surface area contributed by atoms with Gasteiger partial charge in [-0.1, -0.05) is 26.8 Å². The Balaban J connectivity index is 2.25. The van der Waals surface area contributed by atoms with Gasteiger partial charge in [0.05, 0.1) is 16.7 Å². The molecule has 1 amide bonds. The summed E-state index contributed by atoms with van der Waals surface area (Å²) in [5, 5.41) is 21.9. The second-order valence-corrected chi connectivity index (χ2v) is 9.58. The van der Waals surface area contributed by atoms with Crippen LogP contribution in [0.3, 0.4) is 0 Å². The highest BCUT2D eigenvalue weighted by atomic mass is 32.2. The Hall–Kier alpha value is -3.31. The molecule has 2 aromatic carbocycles. The average Bonchev–Trinajstić information content (AvgIpc) is 2.66. The summed E-state index contributed by atoms with van der Waals surface area (Å²) in [5.74, 6) is -0.150. The first-order chi connectivity index (χ1) is 13.9. The highest BCUT2D eigenvalue weighted by molar-refractivity contribution is 7.94. The normalized spacial score (nSPS) is 11.8. The molecule has 0 aliphatic heterocycles. The van der Waals surface area contributed by atoms with E-state index in [9.17, 15) is 18.3 Å². The second kappa shape index (κ2) is 9.01. The van der Waals surface area contributed by atoms with E-state index in [1.165, 1.54) is 24.3 Å². The molecule has 2 N–H and O–H groups in total. The molecular weight excluding hydrogens is 404 g/mol. The predicted octanol–water partition coefficient (Wildman–Crippen LogP) is 3.83. The molecule has 30 heavy (non-hydrogen) atoms. The molecule has 0 aromatic heterocycles. The molecule has 0 spiro atoms. The van der Waals surface area contributed by atoms with Crippen LogP contribution in [0.5, 0.6) is 11.5 Å². The number of benzene rings is 2. The number of rotatable bonds is 6. The van der Waals surface area contributed by atoms with Gasteiger partial charge in [-0.15, -0.1) is 0 Å². The number of aryl methyl sites for hydroxylation is 1. The van der Waals surface area contributed by atoms with Gasteiger partial charge in [-0.2, -0.15) is 5.26 Å². The first kappa shape index (κ1) is 23.0. The van der Waals surface area contributed by atoms with Gasteiger partial charge in [-0.05, 0) is 48.2 Å². The zero-order valence-corrected chi connectivity index (χ0v) is 18.1. The van der Waals surface area contributed by atoms with Crippen molar-refractivity contribution in [2.75, 3.05) is 11.9 Å². The number of phenolic OH excluding ortho intramolecular Hbond substituents is 1. The SMILES string of the molecule is Cc1ccc(O)c(NC(=O)COc2ccc(S(=O)(=O)C=CC#N)cc2C(C)(C)C)c1. The number of sulfone groups is 1. The first-order valence-electron chi connectivity index (χ1n) is 9.12. The number of ether oxygens (including phenoxy) is 1. The van der Waals surface area contributed by atoms with E-state index in [2.05, 4.69) is 5.32 Å². The lowest BCUT2D eigenvalue weighted by Crippen LogP contribution is -2.22. The summed E-state index contributed by atoms with van der Waals surface area (Å²) in [5.41, 5.74) is 1.29. The molecule has 0 unspecified atom stereocenters. The van der Waals surface area contributed by atoms with Crippen LogP contribution in [0.15, 0.2) is 52.8 Å². The lowest BCUT2D eigenvalue weighted by atomic mass is 9.86.